The third-order valence-electron chi connectivity index (χ3n) is 2.93. The van der Waals surface area contributed by atoms with E-state index in [1.165, 1.54) is 12.8 Å². The van der Waals surface area contributed by atoms with E-state index in [0.717, 1.165) is 13.0 Å². The van der Waals surface area contributed by atoms with E-state index in [2.05, 4.69) is 19.2 Å². The molecule has 1 aliphatic heterocycles. The van der Waals surface area contributed by atoms with Gasteiger partial charge in [-0.15, -0.1) is 0 Å². The first kappa shape index (κ1) is 9.97. The second-order valence-corrected chi connectivity index (χ2v) is 3.94. The summed E-state index contributed by atoms with van der Waals surface area (Å²) in [5.74, 6) is 0.873. The summed E-state index contributed by atoms with van der Waals surface area (Å²) in [5, 5.41) is 3.09. The Bertz CT molecular complexity index is 127. The quantitative estimate of drug-likeness (QED) is 0.691. The number of alkyl halides is 1. The molecule has 0 amide bonds. The molecule has 1 heterocycles. The predicted octanol–water partition coefficient (Wildman–Crippen LogP) is 2.37. The van der Waals surface area contributed by atoms with Crippen LogP contribution in [-0.4, -0.2) is 19.3 Å². The molecule has 0 saturated carbocycles. The van der Waals surface area contributed by atoms with Gasteiger partial charge in [-0.25, -0.2) is 4.39 Å². The largest absolute Gasteiger partial charge is 0.314 e. The van der Waals surface area contributed by atoms with E-state index in [0.29, 0.717) is 18.4 Å². The summed E-state index contributed by atoms with van der Waals surface area (Å²) in [4.78, 5) is 0. The van der Waals surface area contributed by atoms with Crippen LogP contribution in [0.15, 0.2) is 0 Å². The van der Waals surface area contributed by atoms with Crippen molar-refractivity contribution in [1.29, 1.82) is 0 Å². The lowest BCUT2D eigenvalue weighted by Crippen LogP contribution is -2.40. The average molecular weight is 173 g/mol. The van der Waals surface area contributed by atoms with Crippen molar-refractivity contribution in [2.45, 2.75) is 39.3 Å². The number of hydrogen-bond acceptors (Lipinski definition) is 1. The van der Waals surface area contributed by atoms with Gasteiger partial charge in [0.05, 0.1) is 0 Å². The highest BCUT2D eigenvalue weighted by Crippen LogP contribution is 2.27. The maximum absolute atomic E-state index is 13.4. The van der Waals surface area contributed by atoms with Crippen LogP contribution < -0.4 is 5.32 Å². The van der Waals surface area contributed by atoms with E-state index < -0.39 is 6.17 Å². The van der Waals surface area contributed by atoms with Crippen LogP contribution in [0, 0.1) is 11.8 Å². The fourth-order valence-corrected chi connectivity index (χ4v) is 2.15. The Hall–Kier alpha value is -0.110. The number of halogens is 1. The van der Waals surface area contributed by atoms with Gasteiger partial charge in [-0.1, -0.05) is 26.7 Å². The molecule has 1 saturated heterocycles. The van der Waals surface area contributed by atoms with Gasteiger partial charge in [-0.05, 0) is 24.8 Å². The Labute approximate surface area is 74.7 Å². The lowest BCUT2D eigenvalue weighted by atomic mass is 9.82. The molecule has 2 heteroatoms. The molecule has 1 aliphatic rings. The monoisotopic (exact) mass is 173 g/mol. The smallest absolute Gasteiger partial charge is 0.116 e. The van der Waals surface area contributed by atoms with Gasteiger partial charge in [0.25, 0.3) is 0 Å². The summed E-state index contributed by atoms with van der Waals surface area (Å²) < 4.78 is 13.4. The number of hydrogen-bond donors (Lipinski definition) is 1. The summed E-state index contributed by atoms with van der Waals surface area (Å²) in [6, 6.07) is 0. The van der Waals surface area contributed by atoms with Gasteiger partial charge >= 0.3 is 0 Å². The summed E-state index contributed by atoms with van der Waals surface area (Å²) in [5.41, 5.74) is 0. The molecule has 0 spiro atoms. The van der Waals surface area contributed by atoms with Gasteiger partial charge in [0, 0.05) is 6.54 Å². The summed E-state index contributed by atoms with van der Waals surface area (Å²) in [6.45, 7) is 5.93. The van der Waals surface area contributed by atoms with Crippen LogP contribution in [0.2, 0.25) is 0 Å². The van der Waals surface area contributed by atoms with Crippen molar-refractivity contribution >= 4 is 0 Å². The molecule has 0 aromatic carbocycles. The maximum atomic E-state index is 13.4. The van der Waals surface area contributed by atoms with Gasteiger partial charge in [0.1, 0.15) is 6.17 Å². The predicted molar refractivity (Wildman–Crippen MR) is 49.9 cm³/mol. The van der Waals surface area contributed by atoms with Crippen LogP contribution in [0.3, 0.4) is 0 Å². The maximum Gasteiger partial charge on any atom is 0.116 e. The fraction of sp³-hybridized carbons (Fsp3) is 1.00. The van der Waals surface area contributed by atoms with Gasteiger partial charge in [0.15, 0.2) is 0 Å². The molecular weight excluding hydrogens is 153 g/mol. The zero-order valence-corrected chi connectivity index (χ0v) is 8.15. The molecule has 0 aliphatic carbocycles. The van der Waals surface area contributed by atoms with Gasteiger partial charge in [0.2, 0.25) is 0 Å². The Balaban J connectivity index is 2.36. The Morgan fingerprint density at radius 2 is 2.33 bits per heavy atom. The topological polar surface area (TPSA) is 12.0 Å². The zero-order valence-electron chi connectivity index (χ0n) is 8.15. The molecule has 1 N–H and O–H groups in total. The Morgan fingerprint density at radius 1 is 1.58 bits per heavy atom. The van der Waals surface area contributed by atoms with E-state index in [-0.39, 0.29) is 0 Å². The summed E-state index contributed by atoms with van der Waals surface area (Å²) in [6.07, 6.45) is 2.76. The fourth-order valence-electron chi connectivity index (χ4n) is 2.15. The molecule has 12 heavy (non-hydrogen) atoms. The van der Waals surface area contributed by atoms with E-state index in [4.69, 9.17) is 0 Å². The van der Waals surface area contributed by atoms with Gasteiger partial charge < -0.3 is 5.32 Å². The van der Waals surface area contributed by atoms with Crippen molar-refractivity contribution in [2.75, 3.05) is 13.1 Å². The highest BCUT2D eigenvalue weighted by molar-refractivity contribution is 4.80. The van der Waals surface area contributed by atoms with Crippen LogP contribution >= 0.6 is 0 Å². The van der Waals surface area contributed by atoms with Gasteiger partial charge in [-0.3, -0.25) is 0 Å². The first-order valence-corrected chi connectivity index (χ1v) is 5.10. The van der Waals surface area contributed by atoms with Crippen molar-refractivity contribution in [3.8, 4) is 0 Å². The molecule has 0 aromatic heterocycles. The molecule has 3 atom stereocenters. The second kappa shape index (κ2) is 4.80. The van der Waals surface area contributed by atoms with E-state index in [9.17, 15) is 4.39 Å². The third kappa shape index (κ3) is 2.44. The van der Waals surface area contributed by atoms with E-state index >= 15 is 0 Å². The highest BCUT2D eigenvalue weighted by atomic mass is 19.1. The molecule has 1 nitrogen and oxygen atoms in total. The summed E-state index contributed by atoms with van der Waals surface area (Å²) >= 11 is 0. The second-order valence-electron chi connectivity index (χ2n) is 3.94. The first-order valence-electron chi connectivity index (χ1n) is 5.10. The Kier molecular flexibility index (Phi) is 3.99. The van der Waals surface area contributed by atoms with Crippen LogP contribution in [-0.2, 0) is 0 Å². The molecular formula is C10H20FN. The lowest BCUT2D eigenvalue weighted by molar-refractivity contribution is 0.128. The number of nitrogens with one attached hydrogen (secondary N) is 1. The standard InChI is InChI=1S/C10H20FN/c1-3-4-8(2)9-5-6-12-7-10(9)11/h8-10,12H,3-7H2,1-2H3. The average Bonchev–Trinajstić information content (AvgIpc) is 2.05. The Morgan fingerprint density at radius 3 is 2.92 bits per heavy atom. The van der Waals surface area contributed by atoms with E-state index in [1.807, 2.05) is 0 Å². The SMILES string of the molecule is CCCC(C)C1CCNCC1F. The van der Waals surface area contributed by atoms with Crippen molar-refractivity contribution in [2.24, 2.45) is 11.8 Å². The molecule has 0 aromatic rings. The minimum atomic E-state index is -0.611. The first-order chi connectivity index (χ1) is 5.75. The van der Waals surface area contributed by atoms with Crippen LogP contribution in [0.4, 0.5) is 4.39 Å². The van der Waals surface area contributed by atoms with Crippen LogP contribution in [0.1, 0.15) is 33.1 Å². The van der Waals surface area contributed by atoms with Crippen molar-refractivity contribution in [3.05, 3.63) is 0 Å². The minimum Gasteiger partial charge on any atom is -0.314 e. The molecule has 3 unspecified atom stereocenters. The highest BCUT2D eigenvalue weighted by Gasteiger charge is 2.28. The minimum absolute atomic E-state index is 0.311. The molecule has 0 bridgehead atoms. The number of rotatable bonds is 3. The van der Waals surface area contributed by atoms with Crippen molar-refractivity contribution in [3.63, 3.8) is 0 Å². The normalized spacial score (nSPS) is 33.2. The van der Waals surface area contributed by atoms with Crippen molar-refractivity contribution < 1.29 is 4.39 Å². The van der Waals surface area contributed by atoms with Crippen LogP contribution in [0.25, 0.3) is 0 Å². The lowest BCUT2D eigenvalue weighted by Gasteiger charge is -2.31. The summed E-state index contributed by atoms with van der Waals surface area (Å²) in [7, 11) is 0. The zero-order chi connectivity index (χ0) is 8.97. The molecule has 72 valence electrons. The van der Waals surface area contributed by atoms with Crippen LogP contribution in [0.5, 0.6) is 0 Å². The molecule has 1 fully saturated rings. The van der Waals surface area contributed by atoms with Gasteiger partial charge in [-0.2, -0.15) is 0 Å². The number of piperidine rings is 1. The van der Waals surface area contributed by atoms with E-state index in [1.54, 1.807) is 0 Å². The van der Waals surface area contributed by atoms with Crippen molar-refractivity contribution in [1.82, 2.24) is 5.32 Å². The molecule has 0 radical (unpaired) electrons. The molecule has 1 rings (SSSR count). The third-order valence-corrected chi connectivity index (χ3v) is 2.93.